The van der Waals surface area contributed by atoms with Crippen LogP contribution < -0.4 is 0 Å². The van der Waals surface area contributed by atoms with Crippen molar-refractivity contribution >= 4 is 0 Å². The smallest absolute Gasteiger partial charge is 0.160 e. The van der Waals surface area contributed by atoms with Gasteiger partial charge in [0.05, 0.1) is 5.69 Å². The highest BCUT2D eigenvalue weighted by Gasteiger charge is 2.15. The van der Waals surface area contributed by atoms with Crippen molar-refractivity contribution in [3.8, 4) is 5.75 Å². The van der Waals surface area contributed by atoms with Crippen molar-refractivity contribution in [3.05, 3.63) is 11.4 Å². The van der Waals surface area contributed by atoms with Crippen LogP contribution in [-0.4, -0.2) is 14.9 Å². The van der Waals surface area contributed by atoms with E-state index in [1.165, 1.54) is 0 Å². The number of aromatic nitrogens is 2. The molecule has 0 saturated carbocycles. The third kappa shape index (κ3) is 2.74. The Balaban J connectivity index is 2.98. The second-order valence-electron chi connectivity index (χ2n) is 4.42. The molecule has 15 heavy (non-hydrogen) atoms. The highest BCUT2D eigenvalue weighted by molar-refractivity contribution is 5.32. The van der Waals surface area contributed by atoms with E-state index in [1.54, 1.807) is 0 Å². The van der Waals surface area contributed by atoms with E-state index < -0.39 is 0 Å². The molecule has 0 aliphatic rings. The van der Waals surface area contributed by atoms with E-state index >= 15 is 0 Å². The van der Waals surface area contributed by atoms with Gasteiger partial charge in [-0.15, -0.1) is 0 Å². The van der Waals surface area contributed by atoms with Crippen LogP contribution in [0.2, 0.25) is 0 Å². The van der Waals surface area contributed by atoms with E-state index in [0.29, 0.717) is 11.7 Å². The number of nitrogens with zero attached hydrogens (tertiary/aromatic N) is 2. The van der Waals surface area contributed by atoms with Gasteiger partial charge in [0.15, 0.2) is 5.75 Å². The van der Waals surface area contributed by atoms with Crippen molar-refractivity contribution in [3.63, 3.8) is 0 Å². The molecule has 0 spiro atoms. The van der Waals surface area contributed by atoms with Gasteiger partial charge in [-0.2, -0.15) is 5.10 Å². The first kappa shape index (κ1) is 12.1. The molecule has 1 rings (SSSR count). The zero-order valence-corrected chi connectivity index (χ0v) is 10.2. The first-order valence-electron chi connectivity index (χ1n) is 5.87. The quantitative estimate of drug-likeness (QED) is 0.811. The molecule has 0 bridgehead atoms. The summed E-state index contributed by atoms with van der Waals surface area (Å²) in [5.41, 5.74) is 1.84. The maximum atomic E-state index is 9.97. The predicted molar refractivity (Wildman–Crippen MR) is 62.1 cm³/mol. The standard InChI is InChI=1S/C12H22N2O/c1-5-7-10-12(15)11(6-2)14(13-10)8-9(3)4/h9,15H,5-8H2,1-4H3. The van der Waals surface area contributed by atoms with Crippen LogP contribution in [0.3, 0.4) is 0 Å². The SMILES string of the molecule is CCCc1nn(CC(C)C)c(CC)c1O. The van der Waals surface area contributed by atoms with Crippen molar-refractivity contribution in [1.29, 1.82) is 0 Å². The first-order chi connectivity index (χ1) is 7.10. The van der Waals surface area contributed by atoms with Gasteiger partial charge in [-0.25, -0.2) is 0 Å². The normalized spacial score (nSPS) is 11.3. The average molecular weight is 210 g/mol. The van der Waals surface area contributed by atoms with Crippen LogP contribution in [0, 0.1) is 5.92 Å². The van der Waals surface area contributed by atoms with E-state index in [-0.39, 0.29) is 0 Å². The number of hydrogen-bond donors (Lipinski definition) is 1. The summed E-state index contributed by atoms with van der Waals surface area (Å²) in [7, 11) is 0. The maximum absolute atomic E-state index is 9.97. The summed E-state index contributed by atoms with van der Waals surface area (Å²) in [6.07, 6.45) is 2.73. The van der Waals surface area contributed by atoms with Gasteiger partial charge >= 0.3 is 0 Å². The van der Waals surface area contributed by atoms with Crippen LogP contribution in [0.25, 0.3) is 0 Å². The van der Waals surface area contributed by atoms with E-state index in [9.17, 15) is 5.11 Å². The number of rotatable bonds is 5. The van der Waals surface area contributed by atoms with Gasteiger partial charge in [0.2, 0.25) is 0 Å². The number of aromatic hydroxyl groups is 1. The molecule has 0 unspecified atom stereocenters. The molecule has 3 nitrogen and oxygen atoms in total. The van der Waals surface area contributed by atoms with Gasteiger partial charge in [-0.05, 0) is 18.8 Å². The molecule has 86 valence electrons. The lowest BCUT2D eigenvalue weighted by molar-refractivity contribution is 0.445. The Morgan fingerprint density at radius 1 is 1.33 bits per heavy atom. The Kier molecular flexibility index (Phi) is 4.18. The predicted octanol–water partition coefficient (Wildman–Crippen LogP) is 2.76. The fourth-order valence-corrected chi connectivity index (χ4v) is 1.79. The molecule has 0 atom stereocenters. The van der Waals surface area contributed by atoms with Gasteiger partial charge < -0.3 is 5.11 Å². The van der Waals surface area contributed by atoms with Crippen molar-refractivity contribution in [2.24, 2.45) is 5.92 Å². The summed E-state index contributed by atoms with van der Waals surface area (Å²) in [4.78, 5) is 0. The largest absolute Gasteiger partial charge is 0.504 e. The second-order valence-corrected chi connectivity index (χ2v) is 4.42. The molecular weight excluding hydrogens is 188 g/mol. The Hall–Kier alpha value is -0.990. The molecule has 1 N–H and O–H groups in total. The lowest BCUT2D eigenvalue weighted by Crippen LogP contribution is -2.09. The maximum Gasteiger partial charge on any atom is 0.160 e. The van der Waals surface area contributed by atoms with Gasteiger partial charge in [0, 0.05) is 6.54 Å². The summed E-state index contributed by atoms with van der Waals surface area (Å²) >= 11 is 0. The summed E-state index contributed by atoms with van der Waals surface area (Å²) in [5.74, 6) is 0.976. The minimum absolute atomic E-state index is 0.417. The fraction of sp³-hybridized carbons (Fsp3) is 0.750. The Bertz CT molecular complexity index is 316. The average Bonchev–Trinajstić information content (AvgIpc) is 2.43. The lowest BCUT2D eigenvalue weighted by Gasteiger charge is -2.07. The molecule has 3 heteroatoms. The summed E-state index contributed by atoms with van der Waals surface area (Å²) in [6, 6.07) is 0. The van der Waals surface area contributed by atoms with E-state index in [2.05, 4.69) is 32.8 Å². The highest BCUT2D eigenvalue weighted by Crippen LogP contribution is 2.24. The molecule has 0 fully saturated rings. The zero-order chi connectivity index (χ0) is 11.4. The van der Waals surface area contributed by atoms with Crippen molar-refractivity contribution < 1.29 is 5.11 Å². The van der Waals surface area contributed by atoms with Crippen LogP contribution >= 0.6 is 0 Å². The lowest BCUT2D eigenvalue weighted by atomic mass is 10.2. The van der Waals surface area contributed by atoms with Crippen LogP contribution in [0.15, 0.2) is 0 Å². The van der Waals surface area contributed by atoms with Crippen molar-refractivity contribution in [1.82, 2.24) is 9.78 Å². The van der Waals surface area contributed by atoms with E-state index in [1.807, 2.05) is 4.68 Å². The van der Waals surface area contributed by atoms with Gasteiger partial charge in [-0.1, -0.05) is 34.1 Å². The second kappa shape index (κ2) is 5.19. The van der Waals surface area contributed by atoms with Gasteiger partial charge in [0.1, 0.15) is 5.69 Å². The molecule has 1 aromatic heterocycles. The monoisotopic (exact) mass is 210 g/mol. The molecule has 0 radical (unpaired) electrons. The topological polar surface area (TPSA) is 38.0 Å². The zero-order valence-electron chi connectivity index (χ0n) is 10.2. The first-order valence-corrected chi connectivity index (χ1v) is 5.87. The number of hydrogen-bond acceptors (Lipinski definition) is 2. The third-order valence-corrected chi connectivity index (χ3v) is 2.46. The molecule has 0 saturated heterocycles. The summed E-state index contributed by atoms with van der Waals surface area (Å²) in [5, 5.41) is 14.4. The molecule has 0 aliphatic carbocycles. The van der Waals surface area contributed by atoms with Crippen LogP contribution in [0.1, 0.15) is 45.5 Å². The Labute approximate surface area is 92.1 Å². The fourth-order valence-electron chi connectivity index (χ4n) is 1.79. The third-order valence-electron chi connectivity index (χ3n) is 2.46. The number of aryl methyl sites for hydroxylation is 1. The Morgan fingerprint density at radius 3 is 2.47 bits per heavy atom. The molecule has 0 aliphatic heterocycles. The molecular formula is C12H22N2O. The molecule has 0 amide bonds. The van der Waals surface area contributed by atoms with Crippen LogP contribution in [0.4, 0.5) is 0 Å². The molecule has 1 heterocycles. The highest BCUT2D eigenvalue weighted by atomic mass is 16.3. The minimum atomic E-state index is 0.417. The van der Waals surface area contributed by atoms with E-state index in [0.717, 1.165) is 37.2 Å². The van der Waals surface area contributed by atoms with Crippen LogP contribution in [0.5, 0.6) is 5.75 Å². The van der Waals surface area contributed by atoms with Gasteiger partial charge in [-0.3, -0.25) is 4.68 Å². The van der Waals surface area contributed by atoms with E-state index in [4.69, 9.17) is 0 Å². The van der Waals surface area contributed by atoms with Gasteiger partial charge in [0.25, 0.3) is 0 Å². The minimum Gasteiger partial charge on any atom is -0.504 e. The molecule has 1 aromatic rings. The summed E-state index contributed by atoms with van der Waals surface area (Å²) in [6.45, 7) is 9.38. The van der Waals surface area contributed by atoms with Crippen molar-refractivity contribution in [2.45, 2.75) is 53.5 Å². The van der Waals surface area contributed by atoms with Crippen LogP contribution in [-0.2, 0) is 19.4 Å². The van der Waals surface area contributed by atoms with Crippen molar-refractivity contribution in [2.75, 3.05) is 0 Å². The molecule has 0 aromatic carbocycles. The summed E-state index contributed by atoms with van der Waals surface area (Å²) < 4.78 is 1.96. The Morgan fingerprint density at radius 2 is 2.00 bits per heavy atom.